The van der Waals surface area contributed by atoms with E-state index in [-0.39, 0.29) is 0 Å². The van der Waals surface area contributed by atoms with Gasteiger partial charge in [-0.1, -0.05) is 48.5 Å². The number of thioether (sulfide) groups is 1. The third-order valence-electron chi connectivity index (χ3n) is 3.17. The zero-order valence-corrected chi connectivity index (χ0v) is 11.1. The van der Waals surface area contributed by atoms with Gasteiger partial charge in [-0.15, -0.1) is 11.8 Å². The van der Waals surface area contributed by atoms with Gasteiger partial charge >= 0.3 is 0 Å². The first-order chi connectivity index (χ1) is 8.86. The summed E-state index contributed by atoms with van der Waals surface area (Å²) in [5.74, 6) is 0. The number of fused-ring (bicyclic) bond motifs is 1. The van der Waals surface area contributed by atoms with Crippen molar-refractivity contribution >= 4 is 22.5 Å². The van der Waals surface area contributed by atoms with Gasteiger partial charge in [0, 0.05) is 4.90 Å². The summed E-state index contributed by atoms with van der Waals surface area (Å²) in [5, 5.41) is 2.59. The van der Waals surface area contributed by atoms with Crippen molar-refractivity contribution < 1.29 is 0 Å². The minimum atomic E-state index is 1.28. The van der Waals surface area contributed by atoms with Crippen LogP contribution in [-0.4, -0.2) is 6.26 Å². The zero-order valence-electron chi connectivity index (χ0n) is 10.3. The fourth-order valence-electron chi connectivity index (χ4n) is 2.15. The molecule has 3 aromatic rings. The summed E-state index contributed by atoms with van der Waals surface area (Å²) < 4.78 is 0. The van der Waals surface area contributed by atoms with E-state index in [1.807, 2.05) is 0 Å². The van der Waals surface area contributed by atoms with Crippen molar-refractivity contribution in [2.24, 2.45) is 0 Å². The molecule has 0 bridgehead atoms. The van der Waals surface area contributed by atoms with Crippen molar-refractivity contribution in [1.29, 1.82) is 0 Å². The normalized spacial score (nSPS) is 10.7. The first-order valence-corrected chi connectivity index (χ1v) is 7.22. The predicted molar refractivity (Wildman–Crippen MR) is 81.2 cm³/mol. The van der Waals surface area contributed by atoms with Crippen LogP contribution in [0.1, 0.15) is 0 Å². The lowest BCUT2D eigenvalue weighted by Gasteiger charge is -2.05. The molecule has 0 heterocycles. The Kier molecular flexibility index (Phi) is 3.07. The lowest BCUT2D eigenvalue weighted by molar-refractivity contribution is 1.46. The Balaban J connectivity index is 2.07. The Hall–Kier alpha value is -1.73. The molecular weight excluding hydrogens is 236 g/mol. The third-order valence-corrected chi connectivity index (χ3v) is 3.92. The Bertz CT molecular complexity index is 669. The molecule has 0 aliphatic rings. The number of hydrogen-bond donors (Lipinski definition) is 0. The summed E-state index contributed by atoms with van der Waals surface area (Å²) in [5.41, 5.74) is 2.56. The molecule has 18 heavy (non-hydrogen) atoms. The average Bonchev–Trinajstić information content (AvgIpc) is 2.47. The maximum atomic E-state index is 2.25. The molecule has 3 rings (SSSR count). The highest BCUT2D eigenvalue weighted by Crippen LogP contribution is 2.26. The Morgan fingerprint density at radius 3 is 2.06 bits per heavy atom. The largest absolute Gasteiger partial charge is 0.130 e. The van der Waals surface area contributed by atoms with E-state index in [4.69, 9.17) is 0 Å². The Labute approximate surface area is 112 Å². The highest BCUT2D eigenvalue weighted by Gasteiger charge is 1.99. The molecule has 0 atom stereocenters. The quantitative estimate of drug-likeness (QED) is 0.561. The van der Waals surface area contributed by atoms with E-state index < -0.39 is 0 Å². The van der Waals surface area contributed by atoms with Gasteiger partial charge in [-0.25, -0.2) is 0 Å². The van der Waals surface area contributed by atoms with Gasteiger partial charge in [0.05, 0.1) is 0 Å². The smallest absolute Gasteiger partial charge is 0.00695 e. The van der Waals surface area contributed by atoms with Crippen LogP contribution in [0.5, 0.6) is 0 Å². The van der Waals surface area contributed by atoms with Crippen LogP contribution in [0, 0.1) is 0 Å². The van der Waals surface area contributed by atoms with Gasteiger partial charge < -0.3 is 0 Å². The van der Waals surface area contributed by atoms with Crippen molar-refractivity contribution in [2.45, 2.75) is 4.90 Å². The van der Waals surface area contributed by atoms with Crippen molar-refractivity contribution in [3.05, 3.63) is 66.7 Å². The van der Waals surface area contributed by atoms with Crippen molar-refractivity contribution in [3.8, 4) is 11.1 Å². The molecule has 0 aromatic heterocycles. The summed E-state index contributed by atoms with van der Waals surface area (Å²) in [6, 6.07) is 23.8. The van der Waals surface area contributed by atoms with Crippen molar-refractivity contribution in [2.75, 3.05) is 6.26 Å². The second-order valence-electron chi connectivity index (χ2n) is 4.29. The predicted octanol–water partition coefficient (Wildman–Crippen LogP) is 5.23. The molecule has 0 saturated carbocycles. The van der Waals surface area contributed by atoms with Gasteiger partial charge in [-0.05, 0) is 46.4 Å². The molecule has 0 spiro atoms. The van der Waals surface area contributed by atoms with E-state index in [9.17, 15) is 0 Å². The zero-order chi connectivity index (χ0) is 12.4. The topological polar surface area (TPSA) is 0 Å². The fraction of sp³-hybridized carbons (Fsp3) is 0.0588. The van der Waals surface area contributed by atoms with E-state index in [1.165, 1.54) is 26.8 Å². The van der Waals surface area contributed by atoms with E-state index in [0.29, 0.717) is 0 Å². The average molecular weight is 250 g/mol. The van der Waals surface area contributed by atoms with Crippen LogP contribution >= 0.6 is 11.8 Å². The van der Waals surface area contributed by atoms with E-state index in [0.717, 1.165) is 0 Å². The molecule has 0 saturated heterocycles. The van der Waals surface area contributed by atoms with Crippen molar-refractivity contribution in [3.63, 3.8) is 0 Å². The molecule has 0 fully saturated rings. The van der Waals surface area contributed by atoms with Gasteiger partial charge in [0.15, 0.2) is 0 Å². The van der Waals surface area contributed by atoms with Crippen LogP contribution < -0.4 is 0 Å². The number of benzene rings is 3. The lowest BCUT2D eigenvalue weighted by Crippen LogP contribution is -1.79. The van der Waals surface area contributed by atoms with Crippen molar-refractivity contribution in [1.82, 2.24) is 0 Å². The monoisotopic (exact) mass is 250 g/mol. The summed E-state index contributed by atoms with van der Waals surface area (Å²) in [4.78, 5) is 1.31. The van der Waals surface area contributed by atoms with Crippen LogP contribution in [0.2, 0.25) is 0 Å². The molecule has 3 aromatic carbocycles. The molecule has 0 aliphatic heterocycles. The van der Waals surface area contributed by atoms with E-state index in [2.05, 4.69) is 73.0 Å². The minimum Gasteiger partial charge on any atom is -0.130 e. The van der Waals surface area contributed by atoms with Gasteiger partial charge in [0.25, 0.3) is 0 Å². The summed E-state index contributed by atoms with van der Waals surface area (Å²) >= 11 is 1.78. The SMILES string of the molecule is CSc1ccc(-c2ccc3ccccc3c2)cc1. The van der Waals surface area contributed by atoms with Crippen LogP contribution in [-0.2, 0) is 0 Å². The molecule has 0 unspecified atom stereocenters. The molecular formula is C17H14S. The third kappa shape index (κ3) is 2.14. The summed E-state index contributed by atoms with van der Waals surface area (Å²) in [6.07, 6.45) is 2.10. The molecule has 0 radical (unpaired) electrons. The second kappa shape index (κ2) is 4.87. The summed E-state index contributed by atoms with van der Waals surface area (Å²) in [7, 11) is 0. The van der Waals surface area contributed by atoms with Crippen LogP contribution in [0.3, 0.4) is 0 Å². The molecule has 0 nitrogen and oxygen atoms in total. The molecule has 0 amide bonds. The van der Waals surface area contributed by atoms with Gasteiger partial charge in [0.2, 0.25) is 0 Å². The van der Waals surface area contributed by atoms with Gasteiger partial charge in [-0.3, -0.25) is 0 Å². The first-order valence-electron chi connectivity index (χ1n) is 6.00. The standard InChI is InChI=1S/C17H14S/c1-18-17-10-8-14(9-11-17)16-7-6-13-4-2-3-5-15(13)12-16/h2-12H,1H3. The van der Waals surface area contributed by atoms with Gasteiger partial charge in [-0.2, -0.15) is 0 Å². The Morgan fingerprint density at radius 1 is 0.667 bits per heavy atom. The minimum absolute atomic E-state index is 1.28. The molecule has 0 N–H and O–H groups in total. The summed E-state index contributed by atoms with van der Waals surface area (Å²) in [6.45, 7) is 0. The highest BCUT2D eigenvalue weighted by molar-refractivity contribution is 7.98. The molecule has 1 heteroatoms. The maximum absolute atomic E-state index is 2.25. The van der Waals surface area contributed by atoms with Gasteiger partial charge in [0.1, 0.15) is 0 Å². The molecule has 88 valence electrons. The van der Waals surface area contributed by atoms with Crippen LogP contribution in [0.25, 0.3) is 21.9 Å². The lowest BCUT2D eigenvalue weighted by atomic mass is 10.0. The van der Waals surface area contributed by atoms with E-state index in [1.54, 1.807) is 11.8 Å². The second-order valence-corrected chi connectivity index (χ2v) is 5.17. The Morgan fingerprint density at radius 2 is 1.33 bits per heavy atom. The van der Waals surface area contributed by atoms with E-state index >= 15 is 0 Å². The van der Waals surface area contributed by atoms with Crippen LogP contribution in [0.4, 0.5) is 0 Å². The molecule has 0 aliphatic carbocycles. The fourth-order valence-corrected chi connectivity index (χ4v) is 2.56. The maximum Gasteiger partial charge on any atom is 0.00695 e. The first kappa shape index (κ1) is 11.4. The highest BCUT2D eigenvalue weighted by atomic mass is 32.2. The van der Waals surface area contributed by atoms with Crippen LogP contribution in [0.15, 0.2) is 71.6 Å². The number of hydrogen-bond acceptors (Lipinski definition) is 1. The number of rotatable bonds is 2.